The van der Waals surface area contributed by atoms with E-state index in [4.69, 9.17) is 16.3 Å². The number of nitrogens with zero attached hydrogens (tertiary/aromatic N) is 6. The van der Waals surface area contributed by atoms with Gasteiger partial charge in [-0.05, 0) is 36.6 Å². The van der Waals surface area contributed by atoms with Crippen molar-refractivity contribution < 1.29 is 4.74 Å². The second-order valence-corrected chi connectivity index (χ2v) is 7.87. The summed E-state index contributed by atoms with van der Waals surface area (Å²) in [4.78, 5) is 21.7. The minimum absolute atomic E-state index is 0.462. The molecule has 8 nitrogen and oxygen atoms in total. The molecular weight excluding hydrogens is 434 g/mol. The Bertz CT molecular complexity index is 1420. The first kappa shape index (κ1) is 19.5. The average molecular weight is 450 g/mol. The van der Waals surface area contributed by atoms with Crippen molar-refractivity contribution in [3.05, 3.63) is 60.3 Å². The summed E-state index contributed by atoms with van der Waals surface area (Å²) < 4.78 is 7.93. The Kier molecular flexibility index (Phi) is 5.05. The molecule has 0 aliphatic heterocycles. The summed E-state index contributed by atoms with van der Waals surface area (Å²) in [5.41, 5.74) is 3.94. The van der Waals surface area contributed by atoms with Crippen LogP contribution in [0.5, 0.6) is 11.5 Å². The summed E-state index contributed by atoms with van der Waals surface area (Å²) in [6.45, 7) is 0. The van der Waals surface area contributed by atoms with Crippen molar-refractivity contribution in [3.8, 4) is 11.5 Å². The number of anilines is 2. The number of fused-ring (bicyclic) bond motifs is 2. The van der Waals surface area contributed by atoms with Gasteiger partial charge < -0.3 is 14.6 Å². The molecule has 0 radical (unpaired) electrons. The molecule has 0 unspecified atom stereocenters. The first-order chi connectivity index (χ1) is 15.1. The molecule has 5 rings (SSSR count). The smallest absolute Gasteiger partial charge is 0.188 e. The normalized spacial score (nSPS) is 11.2. The van der Waals surface area contributed by atoms with E-state index < -0.39 is 0 Å². The Morgan fingerprint density at radius 3 is 2.77 bits per heavy atom. The molecule has 2 aromatic carbocycles. The zero-order valence-electron chi connectivity index (χ0n) is 16.6. The molecule has 0 aliphatic carbocycles. The van der Waals surface area contributed by atoms with Crippen molar-refractivity contribution in [2.75, 3.05) is 11.6 Å². The van der Waals surface area contributed by atoms with Crippen LogP contribution in [0.4, 0.5) is 11.5 Å². The third-order valence-electron chi connectivity index (χ3n) is 4.66. The number of aryl methyl sites for hydroxylation is 1. The van der Waals surface area contributed by atoms with E-state index in [1.165, 1.54) is 18.1 Å². The maximum atomic E-state index is 6.49. The number of ether oxygens (including phenoxy) is 1. The molecule has 0 aliphatic rings. The Morgan fingerprint density at radius 1 is 1.03 bits per heavy atom. The third-order valence-corrected chi connectivity index (χ3v) is 5.51. The van der Waals surface area contributed by atoms with Gasteiger partial charge in [0, 0.05) is 18.8 Å². The lowest BCUT2D eigenvalue weighted by Crippen LogP contribution is -1.99. The lowest BCUT2D eigenvalue weighted by molar-refractivity contribution is 0.483. The molecule has 0 spiro atoms. The van der Waals surface area contributed by atoms with Gasteiger partial charge in [0.1, 0.15) is 28.9 Å². The van der Waals surface area contributed by atoms with Crippen LogP contribution >= 0.6 is 23.4 Å². The summed E-state index contributed by atoms with van der Waals surface area (Å²) in [7, 11) is 1.95. The van der Waals surface area contributed by atoms with Crippen LogP contribution in [0.15, 0.2) is 60.4 Å². The van der Waals surface area contributed by atoms with Gasteiger partial charge in [-0.1, -0.05) is 23.4 Å². The summed E-state index contributed by atoms with van der Waals surface area (Å²) in [6.07, 6.45) is 6.84. The fraction of sp³-hybridized carbons (Fsp3) is 0.0952. The molecule has 0 saturated heterocycles. The fourth-order valence-electron chi connectivity index (χ4n) is 3.13. The van der Waals surface area contributed by atoms with Crippen LogP contribution in [0.2, 0.25) is 5.02 Å². The number of nitrogens with one attached hydrogen (secondary N) is 1. The van der Waals surface area contributed by atoms with Crippen molar-refractivity contribution in [2.24, 2.45) is 7.05 Å². The number of benzene rings is 2. The summed E-state index contributed by atoms with van der Waals surface area (Å²) in [5.74, 6) is 1.78. The van der Waals surface area contributed by atoms with E-state index in [1.807, 2.05) is 42.1 Å². The fourth-order valence-corrected chi connectivity index (χ4v) is 3.69. The molecule has 3 aromatic heterocycles. The van der Waals surface area contributed by atoms with E-state index in [9.17, 15) is 0 Å². The molecule has 0 amide bonds. The Hall–Kier alpha value is -3.43. The molecule has 31 heavy (non-hydrogen) atoms. The van der Waals surface area contributed by atoms with E-state index in [2.05, 4.69) is 30.2 Å². The van der Waals surface area contributed by atoms with E-state index in [-0.39, 0.29) is 0 Å². The van der Waals surface area contributed by atoms with Gasteiger partial charge in [0.25, 0.3) is 0 Å². The highest BCUT2D eigenvalue weighted by molar-refractivity contribution is 7.98. The van der Waals surface area contributed by atoms with E-state index in [1.54, 1.807) is 24.7 Å². The SMILES string of the molecule is CSc1ncc2ncnc(Nc3ccc(Oc4ccc5c(c4)ncn5C)c(Cl)c3)c2n1. The van der Waals surface area contributed by atoms with Crippen molar-refractivity contribution in [2.45, 2.75) is 5.16 Å². The second kappa shape index (κ2) is 8.01. The van der Waals surface area contributed by atoms with Crippen molar-refractivity contribution in [3.63, 3.8) is 0 Å². The van der Waals surface area contributed by atoms with Gasteiger partial charge in [-0.25, -0.2) is 24.9 Å². The average Bonchev–Trinajstić information content (AvgIpc) is 3.15. The van der Waals surface area contributed by atoms with Crippen LogP contribution in [0.3, 0.4) is 0 Å². The quantitative estimate of drug-likeness (QED) is 0.288. The number of aromatic nitrogens is 6. The Labute approximate surface area is 186 Å². The van der Waals surface area contributed by atoms with Crippen LogP contribution in [-0.4, -0.2) is 35.7 Å². The molecular formula is C21H16ClN7OS. The van der Waals surface area contributed by atoms with E-state index in [0.29, 0.717) is 38.5 Å². The zero-order chi connectivity index (χ0) is 21.4. The minimum atomic E-state index is 0.462. The van der Waals surface area contributed by atoms with Gasteiger partial charge in [0.15, 0.2) is 11.0 Å². The molecule has 0 fully saturated rings. The van der Waals surface area contributed by atoms with Crippen LogP contribution in [0.25, 0.3) is 22.1 Å². The number of hydrogen-bond donors (Lipinski definition) is 1. The molecule has 154 valence electrons. The highest BCUT2D eigenvalue weighted by atomic mass is 35.5. The Balaban J connectivity index is 1.41. The van der Waals surface area contributed by atoms with Gasteiger partial charge >= 0.3 is 0 Å². The molecule has 3 heterocycles. The number of imidazole rings is 1. The van der Waals surface area contributed by atoms with Crippen LogP contribution in [0, 0.1) is 0 Å². The van der Waals surface area contributed by atoms with Gasteiger partial charge in [0.2, 0.25) is 0 Å². The largest absolute Gasteiger partial charge is 0.456 e. The lowest BCUT2D eigenvalue weighted by atomic mass is 10.2. The van der Waals surface area contributed by atoms with Crippen LogP contribution in [0.1, 0.15) is 0 Å². The minimum Gasteiger partial charge on any atom is -0.456 e. The molecule has 0 saturated carbocycles. The number of halogens is 1. The van der Waals surface area contributed by atoms with Crippen molar-refractivity contribution >= 4 is 56.9 Å². The Morgan fingerprint density at radius 2 is 1.94 bits per heavy atom. The maximum absolute atomic E-state index is 6.49. The van der Waals surface area contributed by atoms with Gasteiger partial charge in [0.05, 0.1) is 28.6 Å². The molecule has 0 atom stereocenters. The molecule has 10 heteroatoms. The second-order valence-electron chi connectivity index (χ2n) is 6.69. The van der Waals surface area contributed by atoms with E-state index in [0.717, 1.165) is 16.7 Å². The first-order valence-corrected chi connectivity index (χ1v) is 10.9. The highest BCUT2D eigenvalue weighted by Crippen LogP contribution is 2.34. The summed E-state index contributed by atoms with van der Waals surface area (Å²) in [5, 5.41) is 4.37. The van der Waals surface area contributed by atoms with Crippen LogP contribution < -0.4 is 10.1 Å². The number of rotatable bonds is 5. The standard InChI is InChI=1S/C21H16ClN7OS/c1-29-11-26-15-8-13(4-5-17(15)29)30-18-6-3-12(7-14(18)22)27-20-19-16(24-10-25-20)9-23-21(28-19)31-2/h3-11H,1-2H3,(H,24,25,27). The van der Waals surface area contributed by atoms with Crippen LogP contribution in [-0.2, 0) is 7.05 Å². The number of hydrogen-bond acceptors (Lipinski definition) is 8. The topological polar surface area (TPSA) is 90.6 Å². The van der Waals surface area contributed by atoms with Crippen molar-refractivity contribution in [1.29, 1.82) is 0 Å². The zero-order valence-corrected chi connectivity index (χ0v) is 18.1. The first-order valence-electron chi connectivity index (χ1n) is 9.28. The summed E-state index contributed by atoms with van der Waals surface area (Å²) >= 11 is 7.94. The molecule has 5 aromatic rings. The lowest BCUT2D eigenvalue weighted by Gasteiger charge is -2.11. The third kappa shape index (κ3) is 3.85. The summed E-state index contributed by atoms with van der Waals surface area (Å²) in [6, 6.07) is 11.2. The predicted octanol–water partition coefficient (Wildman–Crippen LogP) is 5.22. The van der Waals surface area contributed by atoms with E-state index >= 15 is 0 Å². The van der Waals surface area contributed by atoms with Gasteiger partial charge in [-0.2, -0.15) is 0 Å². The molecule has 1 N–H and O–H groups in total. The maximum Gasteiger partial charge on any atom is 0.188 e. The monoisotopic (exact) mass is 449 g/mol. The van der Waals surface area contributed by atoms with Crippen molar-refractivity contribution in [1.82, 2.24) is 29.5 Å². The predicted molar refractivity (Wildman–Crippen MR) is 122 cm³/mol. The van der Waals surface area contributed by atoms with Gasteiger partial charge in [-0.15, -0.1) is 0 Å². The van der Waals surface area contributed by atoms with Gasteiger partial charge in [-0.3, -0.25) is 0 Å². The molecule has 0 bridgehead atoms. The highest BCUT2D eigenvalue weighted by Gasteiger charge is 2.11. The number of thioether (sulfide) groups is 1.